The topological polar surface area (TPSA) is 24.9 Å². The second-order valence-corrected chi connectivity index (χ2v) is 5.87. The van der Waals surface area contributed by atoms with E-state index in [1.807, 2.05) is 6.92 Å². The first-order chi connectivity index (χ1) is 10.0. The third kappa shape index (κ3) is 3.70. The fourth-order valence-corrected chi connectivity index (χ4v) is 2.83. The minimum atomic E-state index is 0.221. The van der Waals surface area contributed by atoms with Crippen molar-refractivity contribution in [2.24, 2.45) is 0 Å². The number of aromatic nitrogens is 1. The second kappa shape index (κ2) is 6.86. The van der Waals surface area contributed by atoms with Crippen LogP contribution in [0, 0.1) is 27.7 Å². The van der Waals surface area contributed by atoms with Crippen LogP contribution in [0.25, 0.3) is 0 Å². The van der Waals surface area contributed by atoms with Gasteiger partial charge in [0.25, 0.3) is 0 Å². The van der Waals surface area contributed by atoms with Crippen LogP contribution in [-0.2, 0) is 0 Å². The molecule has 2 rings (SSSR count). The molecule has 1 aromatic heterocycles. The van der Waals surface area contributed by atoms with Gasteiger partial charge in [0.05, 0.1) is 6.04 Å². The molecule has 0 aliphatic carbocycles. The smallest absolute Gasteiger partial charge is 0.0597 e. The minimum absolute atomic E-state index is 0.221. The van der Waals surface area contributed by atoms with E-state index in [9.17, 15) is 0 Å². The zero-order chi connectivity index (χ0) is 15.4. The van der Waals surface area contributed by atoms with Crippen LogP contribution >= 0.6 is 0 Å². The molecule has 112 valence electrons. The molecule has 0 aliphatic rings. The lowest BCUT2D eigenvalue weighted by Gasteiger charge is -2.23. The zero-order valence-electron chi connectivity index (χ0n) is 13.8. The van der Waals surface area contributed by atoms with Gasteiger partial charge >= 0.3 is 0 Å². The molecule has 0 bridgehead atoms. The second-order valence-electron chi connectivity index (χ2n) is 5.87. The summed E-state index contributed by atoms with van der Waals surface area (Å²) in [6.07, 6.45) is 1.12. The molecule has 21 heavy (non-hydrogen) atoms. The van der Waals surface area contributed by atoms with E-state index in [2.05, 4.69) is 68.3 Å². The van der Waals surface area contributed by atoms with Crippen LogP contribution in [0.4, 0.5) is 0 Å². The number of aryl methyl sites for hydroxylation is 4. The highest BCUT2D eigenvalue weighted by Gasteiger charge is 2.18. The van der Waals surface area contributed by atoms with Gasteiger partial charge in [0, 0.05) is 11.4 Å². The van der Waals surface area contributed by atoms with Crippen molar-refractivity contribution in [1.29, 1.82) is 0 Å². The molecule has 1 aromatic carbocycles. The molecule has 2 heteroatoms. The monoisotopic (exact) mass is 282 g/mol. The van der Waals surface area contributed by atoms with Gasteiger partial charge in [-0.15, -0.1) is 0 Å². The maximum Gasteiger partial charge on any atom is 0.0597 e. The molecule has 0 fully saturated rings. The molecule has 0 saturated heterocycles. The molecule has 0 saturated carbocycles. The summed E-state index contributed by atoms with van der Waals surface area (Å²) in [5.41, 5.74) is 7.46. The molecule has 1 unspecified atom stereocenters. The van der Waals surface area contributed by atoms with Crippen LogP contribution in [0.5, 0.6) is 0 Å². The van der Waals surface area contributed by atoms with Crippen molar-refractivity contribution in [3.05, 3.63) is 64.0 Å². The van der Waals surface area contributed by atoms with Crippen molar-refractivity contribution in [3.63, 3.8) is 0 Å². The van der Waals surface area contributed by atoms with Crippen LogP contribution in [0.1, 0.15) is 53.0 Å². The Bertz CT molecular complexity index is 565. The quantitative estimate of drug-likeness (QED) is 0.879. The summed E-state index contributed by atoms with van der Waals surface area (Å²) >= 11 is 0. The summed E-state index contributed by atoms with van der Waals surface area (Å²) in [6.45, 7) is 11.7. The lowest BCUT2D eigenvalue weighted by molar-refractivity contribution is 0.591. The number of hydrogen-bond donors (Lipinski definition) is 1. The van der Waals surface area contributed by atoms with E-state index in [1.165, 1.54) is 22.3 Å². The van der Waals surface area contributed by atoms with Gasteiger partial charge in [-0.05, 0) is 63.4 Å². The highest BCUT2D eigenvalue weighted by molar-refractivity contribution is 5.40. The Kier molecular flexibility index (Phi) is 5.13. The van der Waals surface area contributed by atoms with E-state index in [0.29, 0.717) is 0 Å². The van der Waals surface area contributed by atoms with Crippen molar-refractivity contribution in [3.8, 4) is 0 Å². The van der Waals surface area contributed by atoms with Crippen LogP contribution in [0.2, 0.25) is 0 Å². The highest BCUT2D eigenvalue weighted by atomic mass is 14.9. The summed E-state index contributed by atoms with van der Waals surface area (Å²) in [7, 11) is 0. The van der Waals surface area contributed by atoms with Crippen LogP contribution < -0.4 is 5.32 Å². The lowest BCUT2D eigenvalue weighted by Crippen LogP contribution is -2.25. The minimum Gasteiger partial charge on any atom is -0.306 e. The summed E-state index contributed by atoms with van der Waals surface area (Å²) in [6, 6.07) is 11.2. The van der Waals surface area contributed by atoms with Crippen LogP contribution in [0.3, 0.4) is 0 Å². The van der Waals surface area contributed by atoms with E-state index in [-0.39, 0.29) is 6.04 Å². The van der Waals surface area contributed by atoms with Gasteiger partial charge in [0.2, 0.25) is 0 Å². The van der Waals surface area contributed by atoms with Gasteiger partial charge in [0.15, 0.2) is 0 Å². The normalized spacial score (nSPS) is 12.4. The van der Waals surface area contributed by atoms with Gasteiger partial charge in [-0.2, -0.15) is 0 Å². The summed E-state index contributed by atoms with van der Waals surface area (Å²) in [5.74, 6) is 0. The lowest BCUT2D eigenvalue weighted by atomic mass is 9.93. The van der Waals surface area contributed by atoms with E-state index < -0.39 is 0 Å². The zero-order valence-corrected chi connectivity index (χ0v) is 13.8. The first-order valence-corrected chi connectivity index (χ1v) is 7.77. The van der Waals surface area contributed by atoms with Gasteiger partial charge in [0.1, 0.15) is 0 Å². The molecule has 1 heterocycles. The Balaban J connectivity index is 2.46. The number of benzene rings is 1. The Morgan fingerprint density at radius 3 is 2.33 bits per heavy atom. The maximum absolute atomic E-state index is 4.64. The predicted octanol–water partition coefficient (Wildman–Crippen LogP) is 4.40. The number of rotatable bonds is 5. The van der Waals surface area contributed by atoms with Gasteiger partial charge < -0.3 is 5.32 Å². The number of pyridine rings is 1. The third-order valence-corrected chi connectivity index (χ3v) is 3.91. The average molecular weight is 282 g/mol. The van der Waals surface area contributed by atoms with Crippen molar-refractivity contribution < 1.29 is 0 Å². The summed E-state index contributed by atoms with van der Waals surface area (Å²) in [4.78, 5) is 4.64. The molecule has 0 radical (unpaired) electrons. The SMILES string of the molecule is CCCNC(c1ccc(C)cc1C)c1ccc(C)nc1C. The molecule has 1 N–H and O–H groups in total. The fourth-order valence-electron chi connectivity index (χ4n) is 2.83. The molecule has 2 aromatic rings. The number of nitrogens with one attached hydrogen (secondary N) is 1. The largest absolute Gasteiger partial charge is 0.306 e. The molecular formula is C19H26N2. The number of hydrogen-bond acceptors (Lipinski definition) is 2. The predicted molar refractivity (Wildman–Crippen MR) is 89.8 cm³/mol. The van der Waals surface area contributed by atoms with E-state index >= 15 is 0 Å². The first-order valence-electron chi connectivity index (χ1n) is 7.77. The summed E-state index contributed by atoms with van der Waals surface area (Å²) < 4.78 is 0. The standard InChI is InChI=1S/C19H26N2/c1-6-11-20-19(17-9-7-13(2)12-14(17)3)18-10-8-15(4)21-16(18)5/h7-10,12,19-20H,6,11H2,1-5H3. The molecule has 0 aliphatic heterocycles. The van der Waals surface area contributed by atoms with Crippen molar-refractivity contribution in [2.45, 2.75) is 47.1 Å². The van der Waals surface area contributed by atoms with Crippen LogP contribution in [0.15, 0.2) is 30.3 Å². The van der Waals surface area contributed by atoms with Crippen molar-refractivity contribution >= 4 is 0 Å². The van der Waals surface area contributed by atoms with Gasteiger partial charge in [-0.25, -0.2) is 0 Å². The van der Waals surface area contributed by atoms with Gasteiger partial charge in [-0.1, -0.05) is 36.8 Å². The molecule has 0 spiro atoms. The Labute approximate surface area is 128 Å². The summed E-state index contributed by atoms with van der Waals surface area (Å²) in [5, 5.41) is 3.68. The van der Waals surface area contributed by atoms with E-state index in [1.54, 1.807) is 0 Å². The average Bonchev–Trinajstić information content (AvgIpc) is 2.42. The maximum atomic E-state index is 4.64. The highest BCUT2D eigenvalue weighted by Crippen LogP contribution is 2.27. The number of nitrogens with zero attached hydrogens (tertiary/aromatic N) is 1. The molecule has 2 nitrogen and oxygen atoms in total. The van der Waals surface area contributed by atoms with E-state index in [4.69, 9.17) is 0 Å². The molecule has 1 atom stereocenters. The van der Waals surface area contributed by atoms with Crippen molar-refractivity contribution in [2.75, 3.05) is 6.54 Å². The Morgan fingerprint density at radius 1 is 1.00 bits per heavy atom. The Hall–Kier alpha value is -1.67. The fraction of sp³-hybridized carbons (Fsp3) is 0.421. The first kappa shape index (κ1) is 15.7. The Morgan fingerprint density at radius 2 is 1.71 bits per heavy atom. The van der Waals surface area contributed by atoms with Crippen molar-refractivity contribution in [1.82, 2.24) is 10.3 Å². The third-order valence-electron chi connectivity index (χ3n) is 3.91. The molecular weight excluding hydrogens is 256 g/mol. The molecule has 0 amide bonds. The van der Waals surface area contributed by atoms with Crippen LogP contribution in [-0.4, -0.2) is 11.5 Å². The van der Waals surface area contributed by atoms with Gasteiger partial charge in [-0.3, -0.25) is 4.98 Å². The van der Waals surface area contributed by atoms with E-state index in [0.717, 1.165) is 24.4 Å².